The monoisotopic (exact) mass is 343 g/mol. The van der Waals surface area contributed by atoms with E-state index in [4.69, 9.17) is 0 Å². The number of hydrogen-bond acceptors (Lipinski definition) is 4. The molecular formula is C19H25N3OS. The van der Waals surface area contributed by atoms with Crippen LogP contribution in [0.4, 0.5) is 0 Å². The Bertz CT molecular complexity index is 672. The average Bonchev–Trinajstić information content (AvgIpc) is 3.10. The topological polar surface area (TPSA) is 46.1 Å². The Labute approximate surface area is 148 Å². The van der Waals surface area contributed by atoms with Crippen LogP contribution < -0.4 is 0 Å². The second-order valence-corrected chi connectivity index (χ2v) is 7.42. The average molecular weight is 343 g/mol. The molecule has 1 aliphatic heterocycles. The summed E-state index contributed by atoms with van der Waals surface area (Å²) < 4.78 is 3.94. The van der Waals surface area contributed by atoms with Gasteiger partial charge in [-0.15, -0.1) is 5.10 Å². The van der Waals surface area contributed by atoms with Crippen LogP contribution in [0.2, 0.25) is 0 Å². The number of piperidine rings is 1. The zero-order chi connectivity index (χ0) is 16.9. The summed E-state index contributed by atoms with van der Waals surface area (Å²) in [6.07, 6.45) is 5.33. The molecule has 5 heteroatoms. The normalized spacial score (nSPS) is 15.7. The Kier molecular flexibility index (Phi) is 5.61. The van der Waals surface area contributed by atoms with E-state index in [1.54, 1.807) is 0 Å². The molecule has 0 radical (unpaired) electrons. The summed E-state index contributed by atoms with van der Waals surface area (Å²) in [5.74, 6) is 0.847. The zero-order valence-corrected chi connectivity index (χ0v) is 15.3. The fraction of sp³-hybridized carbons (Fsp3) is 0.526. The van der Waals surface area contributed by atoms with Crippen LogP contribution in [0.1, 0.15) is 52.7 Å². The number of nitrogens with zero attached hydrogens (tertiary/aromatic N) is 3. The van der Waals surface area contributed by atoms with Crippen LogP contribution in [0.5, 0.6) is 0 Å². The van der Waals surface area contributed by atoms with Crippen molar-refractivity contribution in [3.8, 4) is 0 Å². The van der Waals surface area contributed by atoms with Gasteiger partial charge in [0.15, 0.2) is 0 Å². The van der Waals surface area contributed by atoms with Crippen LogP contribution in [0, 0.1) is 12.8 Å². The predicted octanol–water partition coefficient (Wildman–Crippen LogP) is 3.89. The minimum atomic E-state index is 0.124. The highest BCUT2D eigenvalue weighted by Gasteiger charge is 2.26. The van der Waals surface area contributed by atoms with Gasteiger partial charge in [0.2, 0.25) is 0 Å². The molecule has 1 aromatic carbocycles. The van der Waals surface area contributed by atoms with Crippen molar-refractivity contribution in [3.05, 3.63) is 46.0 Å². The molecule has 0 aliphatic carbocycles. The number of aromatic nitrogens is 2. The fourth-order valence-corrected chi connectivity index (χ4v) is 4.02. The lowest BCUT2D eigenvalue weighted by Crippen LogP contribution is -2.38. The van der Waals surface area contributed by atoms with Crippen LogP contribution >= 0.6 is 11.5 Å². The molecule has 0 saturated carbocycles. The van der Waals surface area contributed by atoms with E-state index < -0.39 is 0 Å². The fourth-order valence-electron chi connectivity index (χ4n) is 3.30. The molecule has 1 fully saturated rings. The molecule has 3 rings (SSSR count). The van der Waals surface area contributed by atoms with Crippen molar-refractivity contribution in [1.82, 2.24) is 14.5 Å². The number of likely N-dealkylation sites (tertiary alicyclic amines) is 1. The highest BCUT2D eigenvalue weighted by molar-refractivity contribution is 7.08. The summed E-state index contributed by atoms with van der Waals surface area (Å²) in [6, 6.07) is 8.84. The van der Waals surface area contributed by atoms with E-state index >= 15 is 0 Å². The Balaban J connectivity index is 1.48. The van der Waals surface area contributed by atoms with Crippen LogP contribution in [0.15, 0.2) is 24.3 Å². The third-order valence-electron chi connectivity index (χ3n) is 4.95. The van der Waals surface area contributed by atoms with Crippen molar-refractivity contribution < 1.29 is 4.79 Å². The highest BCUT2D eigenvalue weighted by Crippen LogP contribution is 2.25. The molecule has 24 heavy (non-hydrogen) atoms. The van der Waals surface area contributed by atoms with Gasteiger partial charge in [-0.05, 0) is 62.0 Å². The van der Waals surface area contributed by atoms with Crippen LogP contribution in [-0.2, 0) is 12.8 Å². The quantitative estimate of drug-likeness (QED) is 0.827. The molecule has 1 aliphatic rings. The van der Waals surface area contributed by atoms with Crippen molar-refractivity contribution in [2.24, 2.45) is 5.92 Å². The minimum absolute atomic E-state index is 0.124. The first-order chi connectivity index (χ1) is 11.7. The first-order valence-electron chi connectivity index (χ1n) is 8.83. The maximum Gasteiger partial charge on any atom is 0.267 e. The van der Waals surface area contributed by atoms with Gasteiger partial charge in [-0.3, -0.25) is 4.79 Å². The molecule has 128 valence electrons. The van der Waals surface area contributed by atoms with Crippen LogP contribution in [-0.4, -0.2) is 33.5 Å². The number of hydrogen-bond donors (Lipinski definition) is 0. The molecule has 0 N–H and O–H groups in total. The molecule has 0 spiro atoms. The number of rotatable bonds is 5. The van der Waals surface area contributed by atoms with Crippen molar-refractivity contribution in [2.75, 3.05) is 13.1 Å². The van der Waals surface area contributed by atoms with Crippen molar-refractivity contribution in [3.63, 3.8) is 0 Å². The summed E-state index contributed by atoms with van der Waals surface area (Å²) in [7, 11) is 0. The molecule has 2 heterocycles. The SMILES string of the molecule is CCc1nnsc1C(=O)N1CCC(CCc2ccc(C)cc2)CC1. The number of carbonyl (C=O) groups excluding carboxylic acids is 1. The summed E-state index contributed by atoms with van der Waals surface area (Å²) in [4.78, 5) is 15.3. The Morgan fingerprint density at radius 2 is 1.96 bits per heavy atom. The van der Waals surface area contributed by atoms with Gasteiger partial charge in [-0.1, -0.05) is 41.2 Å². The summed E-state index contributed by atoms with van der Waals surface area (Å²) >= 11 is 1.23. The minimum Gasteiger partial charge on any atom is -0.338 e. The number of amides is 1. The number of carbonyl (C=O) groups is 1. The third-order valence-corrected chi connectivity index (χ3v) is 5.70. The van der Waals surface area contributed by atoms with E-state index in [1.807, 2.05) is 11.8 Å². The Morgan fingerprint density at radius 3 is 2.62 bits per heavy atom. The lowest BCUT2D eigenvalue weighted by molar-refractivity contribution is 0.0690. The lowest BCUT2D eigenvalue weighted by atomic mass is 9.90. The first-order valence-corrected chi connectivity index (χ1v) is 9.60. The second kappa shape index (κ2) is 7.88. The molecule has 1 saturated heterocycles. The van der Waals surface area contributed by atoms with Gasteiger partial charge in [0.1, 0.15) is 4.88 Å². The molecule has 0 bridgehead atoms. The standard InChI is InChI=1S/C19H25N3OS/c1-3-17-18(24-21-20-17)19(23)22-12-10-16(11-13-22)9-8-15-6-4-14(2)5-7-15/h4-7,16H,3,8-13H2,1-2H3. The summed E-state index contributed by atoms with van der Waals surface area (Å²) in [5, 5.41) is 4.06. The van der Waals surface area contributed by atoms with Gasteiger partial charge in [-0.2, -0.15) is 0 Å². The lowest BCUT2D eigenvalue weighted by Gasteiger charge is -2.31. The van der Waals surface area contributed by atoms with Crippen molar-refractivity contribution >= 4 is 17.4 Å². The van der Waals surface area contributed by atoms with Gasteiger partial charge >= 0.3 is 0 Å². The zero-order valence-electron chi connectivity index (χ0n) is 14.5. The van der Waals surface area contributed by atoms with Crippen molar-refractivity contribution in [2.45, 2.75) is 46.0 Å². The van der Waals surface area contributed by atoms with Gasteiger partial charge in [-0.25, -0.2) is 0 Å². The second-order valence-electron chi connectivity index (χ2n) is 6.66. The van der Waals surface area contributed by atoms with E-state index in [0.29, 0.717) is 0 Å². The van der Waals surface area contributed by atoms with Crippen molar-refractivity contribution in [1.29, 1.82) is 0 Å². The predicted molar refractivity (Wildman–Crippen MR) is 97.4 cm³/mol. The van der Waals surface area contributed by atoms with E-state index in [1.165, 1.54) is 29.1 Å². The number of benzene rings is 1. The molecular weight excluding hydrogens is 318 g/mol. The third kappa shape index (κ3) is 4.01. The summed E-state index contributed by atoms with van der Waals surface area (Å²) in [6.45, 7) is 5.86. The highest BCUT2D eigenvalue weighted by atomic mass is 32.1. The maximum atomic E-state index is 12.6. The van der Waals surface area contributed by atoms with E-state index in [-0.39, 0.29) is 5.91 Å². The summed E-state index contributed by atoms with van der Waals surface area (Å²) in [5.41, 5.74) is 3.57. The molecule has 2 aromatic rings. The number of aryl methyl sites for hydroxylation is 3. The van der Waals surface area contributed by atoms with Gasteiger partial charge in [0.05, 0.1) is 5.69 Å². The van der Waals surface area contributed by atoms with E-state index in [2.05, 4.69) is 40.8 Å². The Hall–Kier alpha value is -1.75. The van der Waals surface area contributed by atoms with Gasteiger partial charge < -0.3 is 4.90 Å². The van der Waals surface area contributed by atoms with Crippen LogP contribution in [0.25, 0.3) is 0 Å². The molecule has 1 amide bonds. The van der Waals surface area contributed by atoms with E-state index in [9.17, 15) is 4.79 Å². The molecule has 0 atom stereocenters. The van der Waals surface area contributed by atoms with E-state index in [0.717, 1.165) is 55.3 Å². The largest absolute Gasteiger partial charge is 0.338 e. The Morgan fingerprint density at radius 1 is 1.25 bits per heavy atom. The smallest absolute Gasteiger partial charge is 0.267 e. The molecule has 1 aromatic heterocycles. The first kappa shape index (κ1) is 17.1. The van der Waals surface area contributed by atoms with Gasteiger partial charge in [0, 0.05) is 13.1 Å². The maximum absolute atomic E-state index is 12.6. The molecule has 0 unspecified atom stereocenters. The molecule has 4 nitrogen and oxygen atoms in total. The van der Waals surface area contributed by atoms with Crippen LogP contribution in [0.3, 0.4) is 0 Å². The van der Waals surface area contributed by atoms with Gasteiger partial charge in [0.25, 0.3) is 5.91 Å².